The third kappa shape index (κ3) is 2.59. The zero-order valence-electron chi connectivity index (χ0n) is 10.8. The highest BCUT2D eigenvalue weighted by molar-refractivity contribution is 6.06. The van der Waals surface area contributed by atoms with Crippen LogP contribution in [0.3, 0.4) is 0 Å². The van der Waals surface area contributed by atoms with Crippen molar-refractivity contribution in [3.05, 3.63) is 65.7 Å². The zero-order valence-corrected chi connectivity index (χ0v) is 10.8. The van der Waals surface area contributed by atoms with Crippen molar-refractivity contribution < 1.29 is 4.79 Å². The molecular formula is C16H17NO. The van der Waals surface area contributed by atoms with Crippen LogP contribution in [0.15, 0.2) is 54.6 Å². The standard InChI is InChI=1S/C16H17NO/c1-3-17(15-10-5-4-6-11-15)16(18)14-9-7-8-13(2)12-14/h4-12H,3H2,1-2H3. The SMILES string of the molecule is CCN(C(=O)c1cccc(C)c1)c1ccccc1. The number of carbonyl (C=O) groups excluding carboxylic acids is 1. The van der Waals surface area contributed by atoms with Crippen LogP contribution in [0, 0.1) is 6.92 Å². The molecule has 0 saturated heterocycles. The van der Waals surface area contributed by atoms with Gasteiger partial charge >= 0.3 is 0 Å². The van der Waals surface area contributed by atoms with Crippen LogP contribution >= 0.6 is 0 Å². The number of nitrogens with zero attached hydrogens (tertiary/aromatic N) is 1. The highest BCUT2D eigenvalue weighted by Gasteiger charge is 2.15. The number of hydrogen-bond acceptors (Lipinski definition) is 1. The second-order valence-electron chi connectivity index (χ2n) is 4.25. The Morgan fingerprint density at radius 3 is 2.39 bits per heavy atom. The third-order valence-corrected chi connectivity index (χ3v) is 2.89. The van der Waals surface area contributed by atoms with Crippen LogP contribution in [-0.2, 0) is 0 Å². The van der Waals surface area contributed by atoms with E-state index in [2.05, 4.69) is 0 Å². The minimum absolute atomic E-state index is 0.0485. The maximum atomic E-state index is 12.5. The highest BCUT2D eigenvalue weighted by atomic mass is 16.2. The normalized spacial score (nSPS) is 10.1. The van der Waals surface area contributed by atoms with Crippen LogP contribution in [0.1, 0.15) is 22.8 Å². The van der Waals surface area contributed by atoms with Gasteiger partial charge in [-0.25, -0.2) is 0 Å². The molecule has 0 aromatic heterocycles. The fourth-order valence-corrected chi connectivity index (χ4v) is 1.99. The molecule has 2 rings (SSSR count). The van der Waals surface area contributed by atoms with Gasteiger partial charge in [0.15, 0.2) is 0 Å². The average Bonchev–Trinajstić information content (AvgIpc) is 2.41. The summed E-state index contributed by atoms with van der Waals surface area (Å²) in [6, 6.07) is 17.5. The van der Waals surface area contributed by atoms with Crippen LogP contribution in [0.4, 0.5) is 5.69 Å². The van der Waals surface area contributed by atoms with Crippen molar-refractivity contribution >= 4 is 11.6 Å². The summed E-state index contributed by atoms with van der Waals surface area (Å²) in [7, 11) is 0. The summed E-state index contributed by atoms with van der Waals surface area (Å²) in [5, 5.41) is 0. The predicted molar refractivity (Wildman–Crippen MR) is 75.0 cm³/mol. The Balaban J connectivity index is 2.32. The van der Waals surface area contributed by atoms with Crippen LogP contribution in [0.25, 0.3) is 0 Å². The lowest BCUT2D eigenvalue weighted by Gasteiger charge is -2.21. The fourth-order valence-electron chi connectivity index (χ4n) is 1.99. The van der Waals surface area contributed by atoms with E-state index in [-0.39, 0.29) is 5.91 Å². The van der Waals surface area contributed by atoms with Crippen LogP contribution in [-0.4, -0.2) is 12.5 Å². The van der Waals surface area contributed by atoms with Crippen molar-refractivity contribution in [2.45, 2.75) is 13.8 Å². The number of benzene rings is 2. The van der Waals surface area contributed by atoms with Gasteiger partial charge in [0.25, 0.3) is 5.91 Å². The van der Waals surface area contributed by atoms with E-state index in [0.29, 0.717) is 6.54 Å². The Morgan fingerprint density at radius 2 is 1.78 bits per heavy atom. The Bertz CT molecular complexity index is 534. The van der Waals surface area contributed by atoms with E-state index in [9.17, 15) is 4.79 Å². The summed E-state index contributed by atoms with van der Waals surface area (Å²) >= 11 is 0. The van der Waals surface area contributed by atoms with Crippen molar-refractivity contribution in [2.75, 3.05) is 11.4 Å². The highest BCUT2D eigenvalue weighted by Crippen LogP contribution is 2.17. The van der Waals surface area contributed by atoms with Gasteiger partial charge < -0.3 is 4.90 Å². The molecule has 2 aromatic carbocycles. The number of rotatable bonds is 3. The molecule has 2 aromatic rings. The van der Waals surface area contributed by atoms with Crippen molar-refractivity contribution in [1.82, 2.24) is 0 Å². The van der Waals surface area contributed by atoms with E-state index >= 15 is 0 Å². The largest absolute Gasteiger partial charge is 0.309 e. The first-order chi connectivity index (χ1) is 8.72. The van der Waals surface area contributed by atoms with Gasteiger partial charge in [-0.05, 0) is 38.1 Å². The first-order valence-electron chi connectivity index (χ1n) is 6.16. The van der Waals surface area contributed by atoms with E-state index in [4.69, 9.17) is 0 Å². The van der Waals surface area contributed by atoms with E-state index in [0.717, 1.165) is 16.8 Å². The van der Waals surface area contributed by atoms with Crippen molar-refractivity contribution in [1.29, 1.82) is 0 Å². The van der Waals surface area contributed by atoms with Gasteiger partial charge in [0.05, 0.1) is 0 Å². The molecule has 0 spiro atoms. The lowest BCUT2D eigenvalue weighted by Crippen LogP contribution is -2.30. The van der Waals surface area contributed by atoms with Crippen molar-refractivity contribution in [3.8, 4) is 0 Å². The minimum atomic E-state index is 0.0485. The molecule has 0 atom stereocenters. The van der Waals surface area contributed by atoms with Crippen LogP contribution in [0.5, 0.6) is 0 Å². The quantitative estimate of drug-likeness (QED) is 0.800. The number of para-hydroxylation sites is 1. The topological polar surface area (TPSA) is 20.3 Å². The van der Waals surface area contributed by atoms with Gasteiger partial charge in [0.1, 0.15) is 0 Å². The van der Waals surface area contributed by atoms with Crippen molar-refractivity contribution in [3.63, 3.8) is 0 Å². The molecule has 0 fully saturated rings. The second kappa shape index (κ2) is 5.50. The molecule has 0 heterocycles. The maximum absolute atomic E-state index is 12.5. The van der Waals surface area contributed by atoms with Crippen LogP contribution < -0.4 is 4.90 Å². The van der Waals surface area contributed by atoms with E-state index in [1.54, 1.807) is 4.90 Å². The molecule has 0 bridgehead atoms. The Labute approximate surface area is 108 Å². The van der Waals surface area contributed by atoms with E-state index in [1.165, 1.54) is 0 Å². The molecule has 0 radical (unpaired) electrons. The molecule has 0 aliphatic rings. The first-order valence-corrected chi connectivity index (χ1v) is 6.16. The molecule has 2 nitrogen and oxygen atoms in total. The summed E-state index contributed by atoms with van der Waals surface area (Å²) < 4.78 is 0. The van der Waals surface area contributed by atoms with Gasteiger partial charge in [-0.15, -0.1) is 0 Å². The molecule has 0 N–H and O–H groups in total. The molecule has 92 valence electrons. The third-order valence-electron chi connectivity index (χ3n) is 2.89. The summed E-state index contributed by atoms with van der Waals surface area (Å²) in [5.74, 6) is 0.0485. The van der Waals surface area contributed by atoms with Gasteiger partial charge in [-0.3, -0.25) is 4.79 Å². The Kier molecular flexibility index (Phi) is 3.78. The van der Waals surface area contributed by atoms with E-state index in [1.807, 2.05) is 68.4 Å². The monoisotopic (exact) mass is 239 g/mol. The van der Waals surface area contributed by atoms with Gasteiger partial charge in [-0.1, -0.05) is 35.9 Å². The first kappa shape index (κ1) is 12.4. The number of aryl methyl sites for hydroxylation is 1. The van der Waals surface area contributed by atoms with E-state index < -0.39 is 0 Å². The van der Waals surface area contributed by atoms with Gasteiger partial charge in [0, 0.05) is 17.8 Å². The average molecular weight is 239 g/mol. The van der Waals surface area contributed by atoms with Crippen molar-refractivity contribution in [2.24, 2.45) is 0 Å². The Morgan fingerprint density at radius 1 is 1.06 bits per heavy atom. The molecule has 0 aliphatic heterocycles. The predicted octanol–water partition coefficient (Wildman–Crippen LogP) is 3.66. The van der Waals surface area contributed by atoms with Gasteiger partial charge in [0.2, 0.25) is 0 Å². The molecule has 1 amide bonds. The van der Waals surface area contributed by atoms with Crippen LogP contribution in [0.2, 0.25) is 0 Å². The lowest BCUT2D eigenvalue weighted by atomic mass is 10.1. The molecule has 18 heavy (non-hydrogen) atoms. The molecule has 0 saturated carbocycles. The maximum Gasteiger partial charge on any atom is 0.258 e. The number of carbonyl (C=O) groups is 1. The zero-order chi connectivity index (χ0) is 13.0. The number of amides is 1. The lowest BCUT2D eigenvalue weighted by molar-refractivity contribution is 0.0988. The summed E-state index contributed by atoms with van der Waals surface area (Å²) in [6.07, 6.45) is 0. The smallest absolute Gasteiger partial charge is 0.258 e. The summed E-state index contributed by atoms with van der Waals surface area (Å²) in [4.78, 5) is 14.2. The molecule has 0 unspecified atom stereocenters. The summed E-state index contributed by atoms with van der Waals surface area (Å²) in [6.45, 7) is 4.65. The number of anilines is 1. The fraction of sp³-hybridized carbons (Fsp3) is 0.188. The summed E-state index contributed by atoms with van der Waals surface area (Å²) in [5.41, 5.74) is 2.78. The molecule has 0 aliphatic carbocycles. The van der Waals surface area contributed by atoms with Gasteiger partial charge in [-0.2, -0.15) is 0 Å². The molecule has 2 heteroatoms. The molecular weight excluding hydrogens is 222 g/mol. The Hall–Kier alpha value is -2.09. The second-order valence-corrected chi connectivity index (χ2v) is 4.25. The minimum Gasteiger partial charge on any atom is -0.309 e. The number of hydrogen-bond donors (Lipinski definition) is 0.